The minimum absolute atomic E-state index is 0.0237. The topological polar surface area (TPSA) is 163 Å². The van der Waals surface area contributed by atoms with E-state index in [9.17, 15) is 34.2 Å². The number of carboxylic acids is 1. The van der Waals surface area contributed by atoms with E-state index in [-0.39, 0.29) is 35.7 Å². The predicted octanol–water partition coefficient (Wildman–Crippen LogP) is 5.63. The summed E-state index contributed by atoms with van der Waals surface area (Å²) in [5.74, 6) is -3.51. The molecule has 276 valence electrons. The van der Waals surface area contributed by atoms with Crippen molar-refractivity contribution in [3.63, 3.8) is 0 Å². The third kappa shape index (κ3) is 5.87. The summed E-state index contributed by atoms with van der Waals surface area (Å²) in [5, 5.41) is 23.9. The second-order valence-corrected chi connectivity index (χ2v) is 17.6. The Morgan fingerprint density at radius 3 is 1.67 bits per heavy atom. The molecule has 0 aromatic carbocycles. The number of carboxylic acid groups (broad SMARTS) is 1. The van der Waals surface area contributed by atoms with Crippen LogP contribution in [0.5, 0.6) is 0 Å². The third-order valence-corrected chi connectivity index (χ3v) is 14.9. The Balaban J connectivity index is 1.59. The Morgan fingerprint density at radius 1 is 0.612 bits per heavy atom. The number of fused-ring (bicyclic) bond motifs is 6. The van der Waals surface area contributed by atoms with Gasteiger partial charge in [-0.25, -0.2) is 0 Å². The van der Waals surface area contributed by atoms with Crippen LogP contribution in [0.2, 0.25) is 0 Å². The van der Waals surface area contributed by atoms with E-state index in [4.69, 9.17) is 18.9 Å². The quantitative estimate of drug-likeness (QED) is 0.263. The van der Waals surface area contributed by atoms with E-state index in [0.29, 0.717) is 57.8 Å². The van der Waals surface area contributed by atoms with Crippen LogP contribution in [0.3, 0.4) is 0 Å². The minimum atomic E-state index is -1.37. The van der Waals surface area contributed by atoms with Gasteiger partial charge in [0.2, 0.25) is 0 Å². The second kappa shape index (κ2) is 12.5. The monoisotopic (exact) mass is 690 g/mol. The number of ether oxygens (including phenoxy) is 4. The normalized spacial score (nSPS) is 47.4. The van der Waals surface area contributed by atoms with Gasteiger partial charge in [0.1, 0.15) is 35.9 Å². The fraction of sp³-hybridized carbons (Fsp3) is 0.868. The first kappa shape index (κ1) is 37.6. The van der Waals surface area contributed by atoms with Gasteiger partial charge >= 0.3 is 29.8 Å². The van der Waals surface area contributed by atoms with Gasteiger partial charge in [-0.05, 0) is 111 Å². The number of hydrogen-bond acceptors (Lipinski definition) is 10. The lowest BCUT2D eigenvalue weighted by atomic mass is 9.41. The van der Waals surface area contributed by atoms with E-state index >= 15 is 0 Å². The van der Waals surface area contributed by atoms with Crippen molar-refractivity contribution in [1.82, 2.24) is 0 Å². The molecule has 0 spiro atoms. The molecule has 13 atom stereocenters. The zero-order chi connectivity index (χ0) is 36.5. The molecule has 5 fully saturated rings. The van der Waals surface area contributed by atoms with E-state index in [2.05, 4.69) is 20.8 Å². The van der Waals surface area contributed by atoms with Crippen molar-refractivity contribution in [1.29, 1.82) is 0 Å². The van der Waals surface area contributed by atoms with Crippen LogP contribution in [0, 0.1) is 50.7 Å². The van der Waals surface area contributed by atoms with Gasteiger partial charge in [0.15, 0.2) is 0 Å². The summed E-state index contributed by atoms with van der Waals surface area (Å²) >= 11 is 0. The van der Waals surface area contributed by atoms with Gasteiger partial charge in [0.05, 0.1) is 0 Å². The summed E-state index contributed by atoms with van der Waals surface area (Å²) in [4.78, 5) is 62.3. The maximum absolute atomic E-state index is 13.2. The fourth-order valence-corrected chi connectivity index (χ4v) is 13.0. The van der Waals surface area contributed by atoms with Crippen molar-refractivity contribution in [3.05, 3.63) is 0 Å². The number of aliphatic carboxylic acids is 1. The summed E-state index contributed by atoms with van der Waals surface area (Å²) in [5.41, 5.74) is -4.72. The number of esters is 4. The van der Waals surface area contributed by atoms with Gasteiger partial charge in [-0.1, -0.05) is 27.7 Å². The molecule has 0 radical (unpaired) electrons. The van der Waals surface area contributed by atoms with Crippen LogP contribution in [0.1, 0.15) is 127 Å². The minimum Gasteiger partial charge on any atom is -0.481 e. The Labute approximate surface area is 290 Å². The Kier molecular flexibility index (Phi) is 9.59. The molecule has 0 bridgehead atoms. The molecule has 0 heterocycles. The van der Waals surface area contributed by atoms with Crippen LogP contribution in [-0.2, 0) is 42.9 Å². The molecule has 0 saturated heterocycles. The van der Waals surface area contributed by atoms with Crippen LogP contribution in [0.4, 0.5) is 0 Å². The molecule has 0 aromatic rings. The standard InChI is InChI=1S/C38H58O11/c1-21(39)46-20-36(8)28-18-31(49-24(4)42)38(45)19-33(5)15-12-26-34(6,17-14-30(48-23(3)41)37(26,9)32(43)44)25(33)10-11-27(38)35(28,7)16-13-29(36)47-22(2)40/h25-31,45H,10-20H2,1-9H3,(H,43,44)/t25-,26+,27+,28+,29+,30-,31-,33-,34+,35+,36+,37+,38+/m0/s1. The summed E-state index contributed by atoms with van der Waals surface area (Å²) < 4.78 is 23.3. The number of carbonyl (C=O) groups is 5. The van der Waals surface area contributed by atoms with Crippen LogP contribution in [0.25, 0.3) is 0 Å². The van der Waals surface area contributed by atoms with Gasteiger partial charge in [0, 0.05) is 33.1 Å². The molecule has 5 aliphatic rings. The first-order valence-corrected chi connectivity index (χ1v) is 18.2. The maximum atomic E-state index is 13.2. The Hall–Kier alpha value is -2.69. The zero-order valence-electron chi connectivity index (χ0n) is 30.9. The average Bonchev–Trinajstić information content (AvgIpc) is 3.10. The van der Waals surface area contributed by atoms with E-state index in [1.54, 1.807) is 6.92 Å². The molecule has 5 aliphatic carbocycles. The van der Waals surface area contributed by atoms with Gasteiger partial charge in [-0.15, -0.1) is 0 Å². The molecule has 11 nitrogen and oxygen atoms in total. The molecule has 11 heteroatoms. The highest BCUT2D eigenvalue weighted by Gasteiger charge is 2.72. The number of carbonyl (C=O) groups excluding carboxylic acids is 4. The van der Waals surface area contributed by atoms with E-state index in [1.807, 2.05) is 6.92 Å². The molecule has 5 saturated carbocycles. The van der Waals surface area contributed by atoms with Crippen molar-refractivity contribution < 1.29 is 53.1 Å². The van der Waals surface area contributed by atoms with Crippen molar-refractivity contribution in [2.45, 2.75) is 150 Å². The molecule has 0 amide bonds. The predicted molar refractivity (Wildman–Crippen MR) is 177 cm³/mol. The number of hydrogen-bond donors (Lipinski definition) is 2. The molecular weight excluding hydrogens is 632 g/mol. The summed E-state index contributed by atoms with van der Waals surface area (Å²) in [6.07, 6.45) is 3.60. The Morgan fingerprint density at radius 2 is 1.12 bits per heavy atom. The molecule has 0 unspecified atom stereocenters. The average molecular weight is 691 g/mol. The highest BCUT2D eigenvalue weighted by molar-refractivity contribution is 5.77. The maximum Gasteiger partial charge on any atom is 0.313 e. The smallest absolute Gasteiger partial charge is 0.313 e. The largest absolute Gasteiger partial charge is 0.481 e. The van der Waals surface area contributed by atoms with Gasteiger partial charge in [-0.3, -0.25) is 24.0 Å². The number of rotatable bonds is 6. The molecule has 49 heavy (non-hydrogen) atoms. The lowest BCUT2D eigenvalue weighted by molar-refractivity contribution is -0.266. The van der Waals surface area contributed by atoms with E-state index in [1.165, 1.54) is 27.7 Å². The Bertz CT molecular complexity index is 1380. The van der Waals surface area contributed by atoms with Crippen LogP contribution in [-0.4, -0.2) is 70.6 Å². The van der Waals surface area contributed by atoms with Crippen molar-refractivity contribution in [3.8, 4) is 0 Å². The molecule has 0 aromatic heterocycles. The van der Waals surface area contributed by atoms with E-state index in [0.717, 1.165) is 6.42 Å². The van der Waals surface area contributed by atoms with Crippen LogP contribution >= 0.6 is 0 Å². The van der Waals surface area contributed by atoms with Gasteiger partial charge in [-0.2, -0.15) is 0 Å². The summed E-state index contributed by atoms with van der Waals surface area (Å²) in [6.45, 7) is 15.8. The summed E-state index contributed by atoms with van der Waals surface area (Å²) in [7, 11) is 0. The molecule has 2 N–H and O–H groups in total. The third-order valence-electron chi connectivity index (χ3n) is 14.9. The second-order valence-electron chi connectivity index (χ2n) is 17.6. The van der Waals surface area contributed by atoms with Crippen molar-refractivity contribution in [2.75, 3.05) is 6.61 Å². The highest BCUT2D eigenvalue weighted by atomic mass is 16.6. The van der Waals surface area contributed by atoms with Crippen molar-refractivity contribution in [2.24, 2.45) is 50.7 Å². The van der Waals surface area contributed by atoms with Crippen molar-refractivity contribution >= 4 is 29.8 Å². The molecular formula is C38H58O11. The molecule has 0 aliphatic heterocycles. The molecule has 5 rings (SSSR count). The van der Waals surface area contributed by atoms with Gasteiger partial charge < -0.3 is 29.2 Å². The highest BCUT2D eigenvalue weighted by Crippen LogP contribution is 2.72. The fourth-order valence-electron chi connectivity index (χ4n) is 13.0. The lowest BCUT2D eigenvalue weighted by Crippen LogP contribution is -2.69. The lowest BCUT2D eigenvalue weighted by Gasteiger charge is -2.66. The van der Waals surface area contributed by atoms with E-state index < -0.39 is 75.4 Å². The summed E-state index contributed by atoms with van der Waals surface area (Å²) in [6, 6.07) is 0. The van der Waals surface area contributed by atoms with Crippen LogP contribution < -0.4 is 0 Å². The first-order valence-electron chi connectivity index (χ1n) is 18.2. The van der Waals surface area contributed by atoms with Crippen LogP contribution in [0.15, 0.2) is 0 Å². The SMILES string of the molecule is CC(=O)OC[C@]1(C)[C@@H]2C[C@H](OC(C)=O)[C@@]3(O)C[C@]4(C)CC[C@@H]5[C@](C)(CC[C@H](OC(C)=O)[C@]5(C)C(=O)O)[C@H]4CC[C@@H]3[C@@]2(C)CC[C@H]1OC(C)=O. The van der Waals surface area contributed by atoms with Gasteiger partial charge in [0.25, 0.3) is 0 Å². The first-order chi connectivity index (χ1) is 22.6. The zero-order valence-corrected chi connectivity index (χ0v) is 30.9. The number of aliphatic hydroxyl groups is 1.